The number of rotatable bonds is 8. The first kappa shape index (κ1) is 60.1. The Hall–Kier alpha value is -6.17. The first-order valence-corrected chi connectivity index (χ1v) is 22.2. The first-order chi connectivity index (χ1) is 32.7. The number of hydrogen-bond donors (Lipinski definition) is 2. The smallest absolute Gasteiger partial charge is 0.451 e. The number of ketones is 1. The van der Waals surface area contributed by atoms with Crippen LogP contribution in [0.2, 0.25) is 0 Å². The molecule has 396 valence electrons. The monoisotopic (exact) mass is 1050 g/mol. The Balaban J connectivity index is 0.000000312. The van der Waals surface area contributed by atoms with Gasteiger partial charge < -0.3 is 20.3 Å². The molecule has 72 heavy (non-hydrogen) atoms. The van der Waals surface area contributed by atoms with E-state index in [4.69, 9.17) is 20.3 Å². The molecule has 0 spiro atoms. The number of ether oxygens (including phenoxy) is 2. The van der Waals surface area contributed by atoms with Gasteiger partial charge in [-0.05, 0) is 110 Å². The summed E-state index contributed by atoms with van der Waals surface area (Å²) in [6.07, 6.45) is -5.85. The minimum atomic E-state index is -4.64. The lowest BCUT2D eigenvalue weighted by molar-refractivity contribution is -0.145. The molecule has 6 heterocycles. The second-order valence-electron chi connectivity index (χ2n) is 18.9. The zero-order chi connectivity index (χ0) is 53.6. The van der Waals surface area contributed by atoms with Crippen LogP contribution < -0.4 is 5.73 Å². The van der Waals surface area contributed by atoms with Gasteiger partial charge in [0.15, 0.2) is 5.78 Å². The van der Waals surface area contributed by atoms with Gasteiger partial charge in [-0.3, -0.25) is 24.6 Å². The second-order valence-corrected chi connectivity index (χ2v) is 18.9. The molecule has 6 atom stereocenters. The second kappa shape index (κ2) is 24.0. The molecule has 2 aliphatic rings. The van der Waals surface area contributed by atoms with E-state index in [1.54, 1.807) is 79.9 Å². The number of carbonyl (C=O) groups is 4. The average molecular weight is 1050 g/mol. The summed E-state index contributed by atoms with van der Waals surface area (Å²) in [6, 6.07) is -0.246. The summed E-state index contributed by atoms with van der Waals surface area (Å²) >= 11 is 0. The van der Waals surface area contributed by atoms with Crippen molar-refractivity contribution >= 4 is 36.3 Å². The summed E-state index contributed by atoms with van der Waals surface area (Å²) in [6.45, 7) is 17.1. The number of nitrogens with two attached hydrogens (primary N) is 1. The third-order valence-electron chi connectivity index (χ3n) is 11.1. The van der Waals surface area contributed by atoms with Gasteiger partial charge >= 0.3 is 30.5 Å². The normalized spacial score (nSPS) is 20.0. The van der Waals surface area contributed by atoms with Crippen molar-refractivity contribution in [1.82, 2.24) is 39.7 Å². The van der Waals surface area contributed by atoms with Gasteiger partial charge in [0.25, 0.3) is 0 Å². The highest BCUT2D eigenvalue weighted by Crippen LogP contribution is 2.33. The van der Waals surface area contributed by atoms with Crippen molar-refractivity contribution in [2.45, 2.75) is 162 Å². The lowest BCUT2D eigenvalue weighted by Crippen LogP contribution is -2.47. The van der Waals surface area contributed by atoms with E-state index < -0.39 is 89.9 Å². The van der Waals surface area contributed by atoms with Gasteiger partial charge in [-0.1, -0.05) is 0 Å². The molecule has 2 saturated heterocycles. The van der Waals surface area contributed by atoms with E-state index in [1.807, 2.05) is 6.92 Å². The van der Waals surface area contributed by atoms with Crippen LogP contribution in [0.25, 0.3) is 22.5 Å². The largest absolute Gasteiger partial charge is 0.480 e. The van der Waals surface area contributed by atoms with Crippen LogP contribution in [0.15, 0.2) is 49.3 Å². The van der Waals surface area contributed by atoms with Crippen LogP contribution in [0.4, 0.5) is 44.7 Å². The predicted molar refractivity (Wildman–Crippen MR) is 248 cm³/mol. The predicted octanol–water partition coefficient (Wildman–Crippen LogP) is 9.66. The van der Waals surface area contributed by atoms with E-state index in [9.17, 15) is 54.3 Å². The number of hydrogen-bond acceptors (Lipinski definition) is 13. The fourth-order valence-electron chi connectivity index (χ4n) is 7.26. The van der Waals surface area contributed by atoms with Crippen LogP contribution in [-0.4, -0.2) is 116 Å². The number of aliphatic carboxylic acids is 1. The fourth-order valence-corrected chi connectivity index (χ4v) is 7.26. The molecular formula is C47H58ClF8N9O7. The quantitative estimate of drug-likeness (QED) is 0.157. The van der Waals surface area contributed by atoms with E-state index in [0.717, 1.165) is 51.9 Å². The number of aryl methyl sites for hydroxylation is 3. The molecule has 3 N–H and O–H groups in total. The highest BCUT2D eigenvalue weighted by Gasteiger charge is 2.48. The van der Waals surface area contributed by atoms with E-state index in [2.05, 4.69) is 29.9 Å². The molecule has 0 unspecified atom stereocenters. The average Bonchev–Trinajstić information content (AvgIpc) is 3.75. The van der Waals surface area contributed by atoms with Crippen molar-refractivity contribution in [3.8, 4) is 22.5 Å². The molecule has 0 bridgehead atoms. The number of carboxylic acid groups (broad SMARTS) is 1. The number of carbonyl (C=O) groups excluding carboxylic acids is 3. The van der Waals surface area contributed by atoms with Gasteiger partial charge in [-0.15, -0.1) is 12.4 Å². The van der Waals surface area contributed by atoms with Crippen molar-refractivity contribution in [2.75, 3.05) is 0 Å². The number of Topliss-reactive ketones (excluding diaryl/α,β-unsaturated/α-hetero) is 1. The van der Waals surface area contributed by atoms with E-state index in [-0.39, 0.29) is 43.9 Å². The molecule has 6 rings (SSSR count). The minimum Gasteiger partial charge on any atom is -0.480 e. The number of halogens is 9. The van der Waals surface area contributed by atoms with E-state index >= 15 is 0 Å². The number of alkyl halides is 8. The fraction of sp³-hybridized carbons (Fsp3) is 0.532. The molecule has 0 radical (unpaired) electrons. The molecule has 4 aromatic heterocycles. The summed E-state index contributed by atoms with van der Waals surface area (Å²) < 4.78 is 114. The zero-order valence-corrected chi connectivity index (χ0v) is 41.9. The third kappa shape index (κ3) is 16.2. The van der Waals surface area contributed by atoms with E-state index in [1.165, 1.54) is 11.8 Å². The Morgan fingerprint density at radius 2 is 1.00 bits per heavy atom. The van der Waals surface area contributed by atoms with Gasteiger partial charge in [0.05, 0.1) is 29.5 Å². The summed E-state index contributed by atoms with van der Waals surface area (Å²) in [5.74, 6) is -3.91. The van der Waals surface area contributed by atoms with Crippen molar-refractivity contribution in [3.05, 3.63) is 83.2 Å². The highest BCUT2D eigenvalue weighted by molar-refractivity contribution is 5.88. The van der Waals surface area contributed by atoms with Gasteiger partial charge in [-0.2, -0.15) is 26.3 Å². The van der Waals surface area contributed by atoms with Crippen LogP contribution in [-0.2, 0) is 44.4 Å². The molecule has 4 aromatic rings. The van der Waals surface area contributed by atoms with Gasteiger partial charge in [0, 0.05) is 74.1 Å². The summed E-state index contributed by atoms with van der Waals surface area (Å²) in [5.41, 5.74) is 8.97. The summed E-state index contributed by atoms with van der Waals surface area (Å²) in [7, 11) is 0. The van der Waals surface area contributed by atoms with Crippen LogP contribution in [0, 0.1) is 13.8 Å². The van der Waals surface area contributed by atoms with Crippen LogP contribution in [0.1, 0.15) is 109 Å². The van der Waals surface area contributed by atoms with Crippen LogP contribution in [0.5, 0.6) is 0 Å². The van der Waals surface area contributed by atoms with Gasteiger partial charge in [-0.25, -0.2) is 43.1 Å². The zero-order valence-electron chi connectivity index (χ0n) is 41.1. The SMILES string of the molecule is C[C@H]1[C@H](F)C[C@@H](C(=O)O)N1C(=O)OC(C)(C)C.Cc1cnc(-c2cnc(C(F)(F)F)nc2)cc1CCC(=O)[C@@H]1C[C@@H](F)[C@H](C)N1C(=O)OC(C)(C)C.Cc1cnc(-c2cnc(C(F)(F)F)nc2)cc1CN.Cl. The maximum atomic E-state index is 14.4. The van der Waals surface area contributed by atoms with Crippen molar-refractivity contribution in [1.29, 1.82) is 0 Å². The highest BCUT2D eigenvalue weighted by atomic mass is 35.5. The number of nitrogens with zero attached hydrogens (tertiary/aromatic N) is 8. The molecule has 25 heteroatoms. The number of likely N-dealkylation sites (tertiary alicyclic amines) is 2. The molecule has 2 amide bonds. The number of aromatic nitrogens is 6. The number of carboxylic acids is 1. The van der Waals surface area contributed by atoms with Gasteiger partial charge in [0.2, 0.25) is 11.6 Å². The van der Waals surface area contributed by atoms with E-state index in [0.29, 0.717) is 29.1 Å². The standard InChI is InChI=1S/C24H28F4N4O3.C12H11F3N4.C11H18FNO4.ClH/c1-13-10-29-18(16-11-30-21(31-12-16)24(26,27)28)8-15(13)6-7-20(33)19-9-17(25)14(2)32(19)22(34)35-23(3,4)5;1-7-4-17-10(2-8(7)3-16)9-5-18-11(19-6-9)12(13,14)15;1-6-7(12)5-8(9(14)15)13(6)10(16)17-11(2,3)4;/h8,10-12,14,17,19H,6-7,9H2,1-5H3;2,4-6H,3,16H2,1H3;6-8H,5H2,1-4H3,(H,14,15);1H/t14-,17+,19-;;6-,7+,8-;/m0.0./s1. The van der Waals surface area contributed by atoms with Gasteiger partial charge in [0.1, 0.15) is 29.6 Å². The van der Waals surface area contributed by atoms with Crippen molar-refractivity contribution in [3.63, 3.8) is 0 Å². The maximum Gasteiger partial charge on any atom is 0.451 e. The van der Waals surface area contributed by atoms with Crippen molar-refractivity contribution < 1.29 is 68.9 Å². The Morgan fingerprint density at radius 1 is 0.639 bits per heavy atom. The van der Waals surface area contributed by atoms with Crippen LogP contribution in [0.3, 0.4) is 0 Å². The lowest BCUT2D eigenvalue weighted by Gasteiger charge is -2.30. The molecule has 2 fully saturated rings. The molecule has 16 nitrogen and oxygen atoms in total. The molecule has 0 saturated carbocycles. The Morgan fingerprint density at radius 3 is 1.36 bits per heavy atom. The maximum absolute atomic E-state index is 14.4. The molecule has 0 aliphatic carbocycles. The first-order valence-electron chi connectivity index (χ1n) is 22.2. The third-order valence-corrected chi connectivity index (χ3v) is 11.1. The molecular weight excluding hydrogens is 990 g/mol. The Labute approximate surface area is 417 Å². The Bertz CT molecular complexity index is 2510. The van der Waals surface area contributed by atoms with Crippen LogP contribution >= 0.6 is 12.4 Å². The molecule has 0 aromatic carbocycles. The molecule has 2 aliphatic heterocycles. The topological polar surface area (TPSA) is 217 Å². The lowest BCUT2D eigenvalue weighted by atomic mass is 9.98. The Kier molecular flexibility index (Phi) is 20.1. The number of amides is 2. The minimum absolute atomic E-state index is 0. The summed E-state index contributed by atoms with van der Waals surface area (Å²) in [5, 5.41) is 8.95. The number of pyridine rings is 2. The van der Waals surface area contributed by atoms with Crippen molar-refractivity contribution in [2.24, 2.45) is 5.73 Å². The summed E-state index contributed by atoms with van der Waals surface area (Å²) in [4.78, 5) is 72.3.